The molecule has 0 bridgehead atoms. The van der Waals surface area contributed by atoms with Gasteiger partial charge < -0.3 is 9.67 Å². The van der Waals surface area contributed by atoms with E-state index in [4.69, 9.17) is 11.6 Å². The molecule has 0 spiro atoms. The summed E-state index contributed by atoms with van der Waals surface area (Å²) in [7, 11) is 1.93. The van der Waals surface area contributed by atoms with Crippen LogP contribution in [0.5, 0.6) is 0 Å². The highest BCUT2D eigenvalue weighted by molar-refractivity contribution is 7.16. The fourth-order valence-corrected chi connectivity index (χ4v) is 4.15. The van der Waals surface area contributed by atoms with Crippen molar-refractivity contribution in [1.29, 1.82) is 0 Å². The summed E-state index contributed by atoms with van der Waals surface area (Å²) >= 11 is 7.63. The lowest BCUT2D eigenvalue weighted by Crippen LogP contribution is -2.37. The minimum Gasteiger partial charge on any atom is -0.385 e. The van der Waals surface area contributed by atoms with E-state index in [1.807, 2.05) is 23.9 Å². The molecule has 114 valence electrons. The molecule has 2 atom stereocenters. The maximum Gasteiger partial charge on any atom is 0.137 e. The van der Waals surface area contributed by atoms with Crippen molar-refractivity contribution in [2.24, 2.45) is 13.0 Å². The van der Waals surface area contributed by atoms with E-state index in [1.165, 1.54) is 4.88 Å². The second-order valence-electron chi connectivity index (χ2n) is 5.68. The number of aliphatic hydroxyl groups excluding tert-OH is 1. The van der Waals surface area contributed by atoms with Gasteiger partial charge in [-0.1, -0.05) is 11.6 Å². The van der Waals surface area contributed by atoms with Crippen molar-refractivity contribution in [3.8, 4) is 0 Å². The zero-order valence-corrected chi connectivity index (χ0v) is 13.6. The Hall–Kier alpha value is -0.880. The smallest absolute Gasteiger partial charge is 0.137 e. The molecule has 0 amide bonds. The van der Waals surface area contributed by atoms with Crippen LogP contribution in [0.25, 0.3) is 0 Å². The van der Waals surface area contributed by atoms with Gasteiger partial charge in [-0.3, -0.25) is 4.90 Å². The van der Waals surface area contributed by atoms with Crippen LogP contribution in [0.15, 0.2) is 24.5 Å². The number of imidazole rings is 1. The predicted octanol–water partition coefficient (Wildman–Crippen LogP) is 3.08. The molecule has 3 rings (SSSR count). The third-order valence-electron chi connectivity index (χ3n) is 4.12. The molecule has 0 radical (unpaired) electrons. The summed E-state index contributed by atoms with van der Waals surface area (Å²) in [4.78, 5) is 7.97. The van der Waals surface area contributed by atoms with Crippen LogP contribution in [0.3, 0.4) is 0 Å². The molecular formula is C15H20ClN3OS. The van der Waals surface area contributed by atoms with Gasteiger partial charge in [-0.05, 0) is 31.5 Å². The van der Waals surface area contributed by atoms with E-state index in [1.54, 1.807) is 17.5 Å². The van der Waals surface area contributed by atoms with E-state index >= 15 is 0 Å². The first kappa shape index (κ1) is 15.0. The molecule has 21 heavy (non-hydrogen) atoms. The summed E-state index contributed by atoms with van der Waals surface area (Å²) in [5.41, 5.74) is 0. The summed E-state index contributed by atoms with van der Waals surface area (Å²) in [6.07, 6.45) is 5.31. The maximum atomic E-state index is 10.6. The average Bonchev–Trinajstić information content (AvgIpc) is 3.07. The van der Waals surface area contributed by atoms with Crippen LogP contribution < -0.4 is 0 Å². The lowest BCUT2D eigenvalue weighted by molar-refractivity contribution is 0.0408. The molecule has 2 unspecified atom stereocenters. The molecule has 2 aromatic rings. The van der Waals surface area contributed by atoms with Gasteiger partial charge in [0, 0.05) is 43.3 Å². The van der Waals surface area contributed by atoms with Crippen LogP contribution in [-0.2, 0) is 13.6 Å². The van der Waals surface area contributed by atoms with Crippen LogP contribution in [0.4, 0.5) is 0 Å². The number of hydrogen-bond donors (Lipinski definition) is 1. The number of rotatable bonds is 4. The summed E-state index contributed by atoms with van der Waals surface area (Å²) < 4.78 is 2.74. The minimum absolute atomic E-state index is 0.246. The number of nitrogens with zero attached hydrogens (tertiary/aromatic N) is 3. The standard InChI is InChI=1S/C15H20ClN3OS/c1-18-8-6-17-15(18)14(20)11-3-2-7-19(9-11)10-12-4-5-13(16)21-12/h4-6,8,11,14,20H,2-3,7,9-10H2,1H3. The van der Waals surface area contributed by atoms with Crippen molar-refractivity contribution in [2.75, 3.05) is 13.1 Å². The topological polar surface area (TPSA) is 41.3 Å². The van der Waals surface area contributed by atoms with Crippen molar-refractivity contribution in [3.63, 3.8) is 0 Å². The largest absolute Gasteiger partial charge is 0.385 e. The van der Waals surface area contributed by atoms with Crippen LogP contribution in [0, 0.1) is 5.92 Å². The van der Waals surface area contributed by atoms with Gasteiger partial charge >= 0.3 is 0 Å². The Kier molecular flexibility index (Phi) is 4.64. The number of aliphatic hydroxyl groups is 1. The molecule has 1 aliphatic rings. The van der Waals surface area contributed by atoms with Gasteiger partial charge in [0.05, 0.1) is 4.34 Å². The van der Waals surface area contributed by atoms with Gasteiger partial charge in [0.25, 0.3) is 0 Å². The monoisotopic (exact) mass is 325 g/mol. The van der Waals surface area contributed by atoms with Crippen molar-refractivity contribution < 1.29 is 5.11 Å². The first-order valence-electron chi connectivity index (χ1n) is 7.25. The van der Waals surface area contributed by atoms with E-state index in [9.17, 15) is 5.11 Å². The number of hydrogen-bond acceptors (Lipinski definition) is 4. The number of aromatic nitrogens is 2. The molecule has 1 N–H and O–H groups in total. The van der Waals surface area contributed by atoms with E-state index in [-0.39, 0.29) is 5.92 Å². The quantitative estimate of drug-likeness (QED) is 0.939. The first-order valence-corrected chi connectivity index (χ1v) is 8.45. The molecule has 4 nitrogen and oxygen atoms in total. The van der Waals surface area contributed by atoms with Gasteiger partial charge in [0.1, 0.15) is 11.9 Å². The molecular weight excluding hydrogens is 306 g/mol. The molecule has 6 heteroatoms. The highest BCUT2D eigenvalue weighted by Gasteiger charge is 2.29. The Bertz CT molecular complexity index is 597. The molecule has 0 aromatic carbocycles. The molecule has 1 saturated heterocycles. The van der Waals surface area contributed by atoms with Crippen molar-refractivity contribution >= 4 is 22.9 Å². The number of aryl methyl sites for hydroxylation is 1. The second kappa shape index (κ2) is 6.48. The minimum atomic E-state index is -0.486. The predicted molar refractivity (Wildman–Crippen MR) is 85.5 cm³/mol. The van der Waals surface area contributed by atoms with Gasteiger partial charge in [-0.25, -0.2) is 4.98 Å². The highest BCUT2D eigenvalue weighted by atomic mass is 35.5. The highest BCUT2D eigenvalue weighted by Crippen LogP contribution is 2.30. The van der Waals surface area contributed by atoms with Crippen molar-refractivity contribution in [1.82, 2.24) is 14.5 Å². The second-order valence-corrected chi connectivity index (χ2v) is 7.48. The number of likely N-dealkylation sites (tertiary alicyclic amines) is 1. The molecule has 1 fully saturated rings. The van der Waals surface area contributed by atoms with Crippen LogP contribution >= 0.6 is 22.9 Å². The average molecular weight is 326 g/mol. The van der Waals surface area contributed by atoms with E-state index in [2.05, 4.69) is 16.0 Å². The van der Waals surface area contributed by atoms with E-state index in [0.717, 1.165) is 42.6 Å². The zero-order chi connectivity index (χ0) is 14.8. The summed E-state index contributed by atoms with van der Waals surface area (Å²) in [5, 5.41) is 10.6. The third kappa shape index (κ3) is 3.48. The first-order chi connectivity index (χ1) is 10.1. The van der Waals surface area contributed by atoms with Gasteiger partial charge in [-0.15, -0.1) is 11.3 Å². The van der Waals surface area contributed by atoms with Gasteiger partial charge in [0.2, 0.25) is 0 Å². The Morgan fingerprint density at radius 1 is 1.52 bits per heavy atom. The summed E-state index contributed by atoms with van der Waals surface area (Å²) in [5.74, 6) is 1.01. The normalized spacial score (nSPS) is 21.6. The molecule has 0 aliphatic carbocycles. The number of thiophene rings is 1. The fraction of sp³-hybridized carbons (Fsp3) is 0.533. The SMILES string of the molecule is Cn1ccnc1C(O)C1CCCN(Cc2ccc(Cl)s2)C1. The molecule has 1 aliphatic heterocycles. The summed E-state index contributed by atoms with van der Waals surface area (Å²) in [6.45, 7) is 2.91. The lowest BCUT2D eigenvalue weighted by atomic mass is 9.92. The fourth-order valence-electron chi connectivity index (χ4n) is 3.02. The number of halogens is 1. The molecule has 3 heterocycles. The van der Waals surface area contributed by atoms with Crippen molar-refractivity contribution in [2.45, 2.75) is 25.5 Å². The van der Waals surface area contributed by atoms with Gasteiger partial charge in [0.15, 0.2) is 0 Å². The van der Waals surface area contributed by atoms with Crippen LogP contribution in [0.1, 0.15) is 29.6 Å². The Morgan fingerprint density at radius 2 is 2.38 bits per heavy atom. The molecule has 0 saturated carbocycles. The Balaban J connectivity index is 1.64. The number of piperidine rings is 1. The van der Waals surface area contributed by atoms with Crippen LogP contribution in [-0.4, -0.2) is 32.6 Å². The van der Waals surface area contributed by atoms with E-state index < -0.39 is 6.10 Å². The Labute approximate surface area is 134 Å². The third-order valence-corrected chi connectivity index (χ3v) is 5.34. The summed E-state index contributed by atoms with van der Waals surface area (Å²) in [6, 6.07) is 4.04. The maximum absolute atomic E-state index is 10.6. The molecule has 2 aromatic heterocycles. The van der Waals surface area contributed by atoms with Crippen LogP contribution in [0.2, 0.25) is 4.34 Å². The van der Waals surface area contributed by atoms with Crippen molar-refractivity contribution in [3.05, 3.63) is 39.6 Å². The zero-order valence-electron chi connectivity index (χ0n) is 12.1. The lowest BCUT2D eigenvalue weighted by Gasteiger charge is -2.34. The van der Waals surface area contributed by atoms with Gasteiger partial charge in [-0.2, -0.15) is 0 Å². The Morgan fingerprint density at radius 3 is 3.05 bits per heavy atom. The van der Waals surface area contributed by atoms with E-state index in [0.29, 0.717) is 0 Å².